The van der Waals surface area contributed by atoms with Gasteiger partial charge >= 0.3 is 0 Å². The normalized spacial score (nSPS) is 12.6. The van der Waals surface area contributed by atoms with E-state index >= 15 is 0 Å². The van der Waals surface area contributed by atoms with Crippen molar-refractivity contribution in [1.82, 2.24) is 20.2 Å². The maximum atomic E-state index is 4.58. The van der Waals surface area contributed by atoms with Crippen molar-refractivity contribution in [3.05, 3.63) is 60.2 Å². The molecule has 0 aromatic carbocycles. The minimum absolute atomic E-state index is 0.000861. The zero-order valence-electron chi connectivity index (χ0n) is 15.6. The van der Waals surface area contributed by atoms with Gasteiger partial charge in [0.25, 0.3) is 0 Å². The van der Waals surface area contributed by atoms with E-state index in [0.717, 1.165) is 31.0 Å². The molecule has 0 aliphatic heterocycles. The van der Waals surface area contributed by atoms with Crippen LogP contribution in [-0.2, 0) is 12.0 Å². The summed E-state index contributed by atoms with van der Waals surface area (Å²) in [6, 6.07) is 12.3. The van der Waals surface area contributed by atoms with Crippen LogP contribution in [0.3, 0.4) is 0 Å². The first-order valence-corrected chi connectivity index (χ1v) is 8.56. The standard InChI is InChI=1S/C20H30N4/c1-19(2,18-11-7-9-13-23-18)15-20(3,4)24(16-21-5)14-17-10-6-8-12-22-17/h6-13,21H,14-16H2,1-5H3. The van der Waals surface area contributed by atoms with Crippen LogP contribution < -0.4 is 5.32 Å². The van der Waals surface area contributed by atoms with Gasteiger partial charge in [0, 0.05) is 42.3 Å². The molecule has 2 heterocycles. The first-order valence-electron chi connectivity index (χ1n) is 8.56. The molecule has 0 aliphatic rings. The molecule has 0 saturated heterocycles. The van der Waals surface area contributed by atoms with Crippen LogP contribution in [0.5, 0.6) is 0 Å². The zero-order valence-corrected chi connectivity index (χ0v) is 15.6. The predicted octanol–water partition coefficient (Wildman–Crippen LogP) is 3.60. The first kappa shape index (κ1) is 18.6. The van der Waals surface area contributed by atoms with Gasteiger partial charge in [-0.2, -0.15) is 0 Å². The molecule has 0 amide bonds. The summed E-state index contributed by atoms with van der Waals surface area (Å²) in [5, 5.41) is 3.30. The van der Waals surface area contributed by atoms with Gasteiger partial charge in [0.2, 0.25) is 0 Å². The van der Waals surface area contributed by atoms with Gasteiger partial charge in [0.15, 0.2) is 0 Å². The minimum atomic E-state index is 0.000861. The molecule has 0 aliphatic carbocycles. The van der Waals surface area contributed by atoms with Crippen LogP contribution in [0.25, 0.3) is 0 Å². The number of aromatic nitrogens is 2. The van der Waals surface area contributed by atoms with Crippen molar-refractivity contribution in [3.63, 3.8) is 0 Å². The molecule has 1 N–H and O–H groups in total. The summed E-state index contributed by atoms with van der Waals surface area (Å²) >= 11 is 0. The van der Waals surface area contributed by atoms with Gasteiger partial charge in [0.1, 0.15) is 0 Å². The molecular formula is C20H30N4. The van der Waals surface area contributed by atoms with Crippen molar-refractivity contribution >= 4 is 0 Å². The molecule has 130 valence electrons. The Morgan fingerprint density at radius 3 is 2.17 bits per heavy atom. The molecule has 2 aromatic heterocycles. The Morgan fingerprint density at radius 1 is 0.958 bits per heavy atom. The molecule has 0 unspecified atom stereocenters. The van der Waals surface area contributed by atoms with Crippen molar-refractivity contribution in [2.24, 2.45) is 0 Å². The van der Waals surface area contributed by atoms with Gasteiger partial charge < -0.3 is 5.32 Å². The highest BCUT2D eigenvalue weighted by Gasteiger charge is 2.35. The molecule has 4 heteroatoms. The smallest absolute Gasteiger partial charge is 0.0544 e. The second-order valence-electron chi connectivity index (χ2n) is 7.62. The lowest BCUT2D eigenvalue weighted by atomic mass is 9.76. The highest BCUT2D eigenvalue weighted by atomic mass is 15.3. The lowest BCUT2D eigenvalue weighted by molar-refractivity contribution is 0.0741. The summed E-state index contributed by atoms with van der Waals surface area (Å²) < 4.78 is 0. The van der Waals surface area contributed by atoms with Crippen LogP contribution in [0.1, 0.15) is 45.5 Å². The van der Waals surface area contributed by atoms with Crippen LogP contribution >= 0.6 is 0 Å². The Bertz CT molecular complexity index is 608. The number of pyridine rings is 2. The van der Waals surface area contributed by atoms with Crippen LogP contribution in [0.15, 0.2) is 48.8 Å². The summed E-state index contributed by atoms with van der Waals surface area (Å²) in [7, 11) is 1.99. The summed E-state index contributed by atoms with van der Waals surface area (Å²) in [5.41, 5.74) is 2.24. The average Bonchev–Trinajstić information content (AvgIpc) is 2.55. The van der Waals surface area contributed by atoms with Crippen molar-refractivity contribution < 1.29 is 0 Å². The van der Waals surface area contributed by atoms with Gasteiger partial charge in [0.05, 0.1) is 5.69 Å². The summed E-state index contributed by atoms with van der Waals surface area (Å²) in [6.45, 7) is 10.8. The van der Waals surface area contributed by atoms with E-state index in [1.54, 1.807) is 0 Å². The van der Waals surface area contributed by atoms with Crippen LogP contribution in [0.4, 0.5) is 0 Å². The third-order valence-corrected chi connectivity index (χ3v) is 4.52. The molecule has 0 bridgehead atoms. The minimum Gasteiger partial charge on any atom is -0.307 e. The molecular weight excluding hydrogens is 296 g/mol. The molecule has 0 atom stereocenters. The van der Waals surface area contributed by atoms with Crippen LogP contribution in [0, 0.1) is 0 Å². The number of nitrogens with zero attached hydrogens (tertiary/aromatic N) is 3. The highest BCUT2D eigenvalue weighted by Crippen LogP contribution is 2.34. The molecule has 4 nitrogen and oxygen atoms in total. The average molecular weight is 326 g/mol. The van der Waals surface area contributed by atoms with E-state index in [4.69, 9.17) is 0 Å². The SMILES string of the molecule is CNCN(Cc1ccccn1)C(C)(C)CC(C)(C)c1ccccn1. The molecule has 0 saturated carbocycles. The molecule has 24 heavy (non-hydrogen) atoms. The second-order valence-corrected chi connectivity index (χ2v) is 7.62. The quantitative estimate of drug-likeness (QED) is 0.753. The summed E-state index contributed by atoms with van der Waals surface area (Å²) in [4.78, 5) is 11.5. The lowest BCUT2D eigenvalue weighted by Gasteiger charge is -2.43. The molecule has 0 spiro atoms. The van der Waals surface area contributed by atoms with Crippen molar-refractivity contribution in [2.75, 3.05) is 13.7 Å². The first-order chi connectivity index (χ1) is 11.3. The van der Waals surface area contributed by atoms with Gasteiger partial charge in [-0.15, -0.1) is 0 Å². The monoisotopic (exact) mass is 326 g/mol. The Hall–Kier alpha value is -1.78. The molecule has 0 radical (unpaired) electrons. The Labute approximate surface area is 146 Å². The van der Waals surface area contributed by atoms with E-state index in [0.29, 0.717) is 0 Å². The van der Waals surface area contributed by atoms with E-state index in [2.05, 4.69) is 66.1 Å². The molecule has 0 fully saturated rings. The maximum absolute atomic E-state index is 4.58. The van der Waals surface area contributed by atoms with Gasteiger partial charge in [-0.1, -0.05) is 26.0 Å². The van der Waals surface area contributed by atoms with Crippen LogP contribution in [-0.4, -0.2) is 34.1 Å². The van der Waals surface area contributed by atoms with Gasteiger partial charge in [-0.05, 0) is 51.6 Å². The Kier molecular flexibility index (Phi) is 6.08. The van der Waals surface area contributed by atoms with E-state index in [1.807, 2.05) is 37.6 Å². The number of nitrogens with one attached hydrogen (secondary N) is 1. The number of hydrogen-bond acceptors (Lipinski definition) is 4. The summed E-state index contributed by atoms with van der Waals surface area (Å²) in [5.74, 6) is 0. The van der Waals surface area contributed by atoms with Crippen molar-refractivity contribution in [3.8, 4) is 0 Å². The fourth-order valence-corrected chi connectivity index (χ4v) is 3.41. The third kappa shape index (κ3) is 4.86. The Morgan fingerprint density at radius 2 is 1.62 bits per heavy atom. The molecule has 2 rings (SSSR count). The topological polar surface area (TPSA) is 41.0 Å². The lowest BCUT2D eigenvalue weighted by Crippen LogP contribution is -2.50. The van der Waals surface area contributed by atoms with Gasteiger partial charge in [-0.3, -0.25) is 14.9 Å². The van der Waals surface area contributed by atoms with Crippen molar-refractivity contribution in [1.29, 1.82) is 0 Å². The third-order valence-electron chi connectivity index (χ3n) is 4.52. The second kappa shape index (κ2) is 7.86. The zero-order chi connectivity index (χ0) is 17.6. The highest BCUT2D eigenvalue weighted by molar-refractivity contribution is 5.16. The van der Waals surface area contributed by atoms with Crippen molar-refractivity contribution in [2.45, 2.75) is 51.6 Å². The number of hydrogen-bond donors (Lipinski definition) is 1. The predicted molar refractivity (Wildman–Crippen MR) is 99.7 cm³/mol. The van der Waals surface area contributed by atoms with E-state index in [9.17, 15) is 0 Å². The Balaban J connectivity index is 2.18. The summed E-state index contributed by atoms with van der Waals surface area (Å²) in [6.07, 6.45) is 4.74. The fourth-order valence-electron chi connectivity index (χ4n) is 3.41. The van der Waals surface area contributed by atoms with E-state index < -0.39 is 0 Å². The largest absolute Gasteiger partial charge is 0.307 e. The van der Waals surface area contributed by atoms with Gasteiger partial charge in [-0.25, -0.2) is 0 Å². The molecule has 2 aromatic rings. The van der Waals surface area contributed by atoms with E-state index in [-0.39, 0.29) is 11.0 Å². The number of rotatable bonds is 8. The fraction of sp³-hybridized carbons (Fsp3) is 0.500. The maximum Gasteiger partial charge on any atom is 0.0544 e. The van der Waals surface area contributed by atoms with Crippen LogP contribution in [0.2, 0.25) is 0 Å². The van der Waals surface area contributed by atoms with E-state index in [1.165, 1.54) is 0 Å².